The van der Waals surface area contributed by atoms with E-state index in [0.717, 1.165) is 11.8 Å². The summed E-state index contributed by atoms with van der Waals surface area (Å²) >= 11 is 0. The minimum Gasteiger partial charge on any atom is -0.481 e. The number of aliphatic carboxylic acids is 1. The lowest BCUT2D eigenvalue weighted by Crippen LogP contribution is -2.20. The SMILES string of the molecule is CC1CCC(CC2(CC(=O)O)CC2)C12CC2. The molecule has 90 valence electrons. The van der Waals surface area contributed by atoms with Crippen LogP contribution in [0.15, 0.2) is 0 Å². The van der Waals surface area contributed by atoms with Gasteiger partial charge in [0.2, 0.25) is 0 Å². The van der Waals surface area contributed by atoms with E-state index in [1.165, 1.54) is 44.9 Å². The number of carbonyl (C=O) groups is 1. The Morgan fingerprint density at radius 2 is 1.94 bits per heavy atom. The first-order valence-electron chi connectivity index (χ1n) is 6.78. The van der Waals surface area contributed by atoms with Crippen LogP contribution in [0.4, 0.5) is 0 Å². The maximum absolute atomic E-state index is 10.9. The van der Waals surface area contributed by atoms with Crippen LogP contribution in [0, 0.1) is 22.7 Å². The second kappa shape index (κ2) is 3.24. The molecule has 2 atom stereocenters. The van der Waals surface area contributed by atoms with Crippen LogP contribution in [0.25, 0.3) is 0 Å². The highest BCUT2D eigenvalue weighted by Crippen LogP contribution is 2.68. The van der Waals surface area contributed by atoms with Crippen molar-refractivity contribution in [3.05, 3.63) is 0 Å². The highest BCUT2D eigenvalue weighted by Gasteiger charge is 2.59. The Bertz CT molecular complexity index is 313. The minimum absolute atomic E-state index is 0.218. The zero-order valence-electron chi connectivity index (χ0n) is 10.2. The summed E-state index contributed by atoms with van der Waals surface area (Å²) in [4.78, 5) is 10.9. The fourth-order valence-electron chi connectivity index (χ4n) is 4.25. The molecule has 1 spiro atoms. The lowest BCUT2D eigenvalue weighted by Gasteiger charge is -2.26. The third-order valence-corrected chi connectivity index (χ3v) is 5.73. The van der Waals surface area contributed by atoms with Crippen molar-refractivity contribution in [1.29, 1.82) is 0 Å². The van der Waals surface area contributed by atoms with Crippen LogP contribution < -0.4 is 0 Å². The van der Waals surface area contributed by atoms with Crippen molar-refractivity contribution < 1.29 is 9.90 Å². The van der Waals surface area contributed by atoms with Gasteiger partial charge in [-0.15, -0.1) is 0 Å². The third kappa shape index (κ3) is 1.57. The van der Waals surface area contributed by atoms with E-state index in [1.54, 1.807) is 0 Å². The monoisotopic (exact) mass is 222 g/mol. The lowest BCUT2D eigenvalue weighted by atomic mass is 9.79. The van der Waals surface area contributed by atoms with Gasteiger partial charge >= 0.3 is 5.97 Å². The molecule has 2 nitrogen and oxygen atoms in total. The zero-order chi connectivity index (χ0) is 11.4. The molecule has 3 aliphatic carbocycles. The first-order valence-corrected chi connectivity index (χ1v) is 6.78. The molecular weight excluding hydrogens is 200 g/mol. The standard InChI is InChI=1S/C14H22O2/c1-10-2-3-11(14(10)6-7-14)8-13(4-5-13)9-12(15)16/h10-11H,2-9H2,1H3,(H,15,16). The van der Waals surface area contributed by atoms with Gasteiger partial charge in [0.1, 0.15) is 0 Å². The van der Waals surface area contributed by atoms with E-state index < -0.39 is 5.97 Å². The van der Waals surface area contributed by atoms with Crippen LogP contribution in [0.1, 0.15) is 58.3 Å². The first-order chi connectivity index (χ1) is 7.56. The molecule has 0 heterocycles. The number of carboxylic acids is 1. The van der Waals surface area contributed by atoms with Crippen molar-refractivity contribution in [2.45, 2.75) is 58.3 Å². The maximum atomic E-state index is 10.9. The summed E-state index contributed by atoms with van der Waals surface area (Å²) in [6.45, 7) is 2.41. The fourth-order valence-corrected chi connectivity index (χ4v) is 4.25. The normalized spacial score (nSPS) is 37.6. The average molecular weight is 222 g/mol. The van der Waals surface area contributed by atoms with Crippen molar-refractivity contribution in [2.75, 3.05) is 0 Å². The first kappa shape index (κ1) is 10.6. The van der Waals surface area contributed by atoms with E-state index in [9.17, 15) is 4.79 Å². The van der Waals surface area contributed by atoms with Gasteiger partial charge in [-0.1, -0.05) is 6.92 Å². The Balaban J connectivity index is 1.65. The topological polar surface area (TPSA) is 37.3 Å². The maximum Gasteiger partial charge on any atom is 0.303 e. The second-order valence-corrected chi connectivity index (χ2v) is 6.68. The summed E-state index contributed by atoms with van der Waals surface area (Å²) in [6.07, 6.45) is 9.55. The van der Waals surface area contributed by atoms with Crippen molar-refractivity contribution in [1.82, 2.24) is 0 Å². The van der Waals surface area contributed by atoms with Crippen molar-refractivity contribution >= 4 is 5.97 Å². The van der Waals surface area contributed by atoms with Gasteiger partial charge in [0, 0.05) is 0 Å². The molecule has 0 aliphatic heterocycles. The molecule has 2 heteroatoms. The van der Waals surface area contributed by atoms with Crippen molar-refractivity contribution in [3.8, 4) is 0 Å². The molecule has 16 heavy (non-hydrogen) atoms. The van der Waals surface area contributed by atoms with E-state index in [1.807, 2.05) is 0 Å². The fraction of sp³-hybridized carbons (Fsp3) is 0.929. The highest BCUT2D eigenvalue weighted by molar-refractivity contribution is 5.68. The molecule has 0 bridgehead atoms. The van der Waals surface area contributed by atoms with E-state index in [4.69, 9.17) is 5.11 Å². The van der Waals surface area contributed by atoms with Crippen LogP contribution in [-0.4, -0.2) is 11.1 Å². The smallest absolute Gasteiger partial charge is 0.303 e. The zero-order valence-corrected chi connectivity index (χ0v) is 10.2. The average Bonchev–Trinajstić information content (AvgIpc) is 3.04. The number of carboxylic acid groups (broad SMARTS) is 1. The van der Waals surface area contributed by atoms with Gasteiger partial charge in [-0.3, -0.25) is 4.79 Å². The predicted molar refractivity (Wildman–Crippen MR) is 62.1 cm³/mol. The number of rotatable bonds is 4. The van der Waals surface area contributed by atoms with Crippen LogP contribution in [0.2, 0.25) is 0 Å². The van der Waals surface area contributed by atoms with Gasteiger partial charge in [0.05, 0.1) is 6.42 Å². The van der Waals surface area contributed by atoms with E-state index in [2.05, 4.69) is 6.92 Å². The highest BCUT2D eigenvalue weighted by atomic mass is 16.4. The van der Waals surface area contributed by atoms with Crippen LogP contribution in [0.3, 0.4) is 0 Å². The molecule has 0 amide bonds. The molecule has 3 rings (SSSR count). The summed E-state index contributed by atoms with van der Waals surface area (Å²) < 4.78 is 0. The summed E-state index contributed by atoms with van der Waals surface area (Å²) in [6, 6.07) is 0. The molecule has 0 aromatic carbocycles. The molecule has 3 fully saturated rings. The van der Waals surface area contributed by atoms with Gasteiger partial charge in [-0.2, -0.15) is 0 Å². The third-order valence-electron chi connectivity index (χ3n) is 5.73. The molecular formula is C14H22O2. The molecule has 1 N–H and O–H groups in total. The number of hydrogen-bond donors (Lipinski definition) is 1. The minimum atomic E-state index is -0.589. The van der Waals surface area contributed by atoms with E-state index in [-0.39, 0.29) is 5.41 Å². The Labute approximate surface area is 97.4 Å². The molecule has 3 aliphatic rings. The Kier molecular flexibility index (Phi) is 2.15. The Hall–Kier alpha value is -0.530. The predicted octanol–water partition coefficient (Wildman–Crippen LogP) is 3.46. The second-order valence-electron chi connectivity index (χ2n) is 6.68. The van der Waals surface area contributed by atoms with Crippen molar-refractivity contribution in [3.63, 3.8) is 0 Å². The largest absolute Gasteiger partial charge is 0.481 e. The summed E-state index contributed by atoms with van der Waals surface area (Å²) in [5.74, 6) is 1.16. The molecule has 0 saturated heterocycles. The van der Waals surface area contributed by atoms with Crippen LogP contribution in [0.5, 0.6) is 0 Å². The van der Waals surface area contributed by atoms with Crippen LogP contribution in [-0.2, 0) is 4.79 Å². The summed E-state index contributed by atoms with van der Waals surface area (Å²) in [7, 11) is 0. The van der Waals surface area contributed by atoms with Crippen molar-refractivity contribution in [2.24, 2.45) is 22.7 Å². The Morgan fingerprint density at radius 3 is 2.44 bits per heavy atom. The van der Waals surface area contributed by atoms with Gasteiger partial charge in [-0.25, -0.2) is 0 Å². The number of hydrogen-bond acceptors (Lipinski definition) is 1. The van der Waals surface area contributed by atoms with Gasteiger partial charge in [0.15, 0.2) is 0 Å². The van der Waals surface area contributed by atoms with Gasteiger partial charge in [-0.05, 0) is 67.6 Å². The quantitative estimate of drug-likeness (QED) is 0.791. The van der Waals surface area contributed by atoms with Crippen LogP contribution >= 0.6 is 0 Å². The van der Waals surface area contributed by atoms with Gasteiger partial charge in [0.25, 0.3) is 0 Å². The molecule has 0 aromatic rings. The molecule has 0 radical (unpaired) electrons. The van der Waals surface area contributed by atoms with E-state index in [0.29, 0.717) is 11.8 Å². The van der Waals surface area contributed by atoms with E-state index >= 15 is 0 Å². The summed E-state index contributed by atoms with van der Waals surface area (Å²) in [5.41, 5.74) is 0.879. The lowest BCUT2D eigenvalue weighted by molar-refractivity contribution is -0.138. The molecule has 0 aromatic heterocycles. The molecule has 3 saturated carbocycles. The molecule has 2 unspecified atom stereocenters. The summed E-state index contributed by atoms with van der Waals surface area (Å²) in [5, 5.41) is 8.96. The van der Waals surface area contributed by atoms with Gasteiger partial charge < -0.3 is 5.11 Å². The Morgan fingerprint density at radius 1 is 1.25 bits per heavy atom.